The van der Waals surface area contributed by atoms with Gasteiger partial charge in [-0.2, -0.15) is 0 Å². The van der Waals surface area contributed by atoms with E-state index in [1.54, 1.807) is 0 Å². The number of hydrogen-bond donors (Lipinski definition) is 1. The van der Waals surface area contributed by atoms with Crippen molar-refractivity contribution in [1.29, 1.82) is 0 Å². The van der Waals surface area contributed by atoms with Crippen LogP contribution in [0.25, 0.3) is 0 Å². The summed E-state index contributed by atoms with van der Waals surface area (Å²) in [5, 5.41) is 4.31. The van der Waals surface area contributed by atoms with Gasteiger partial charge in [-0.25, -0.2) is 4.79 Å². The highest BCUT2D eigenvalue weighted by molar-refractivity contribution is 6.42. The molecule has 1 atom stereocenters. The van der Waals surface area contributed by atoms with Gasteiger partial charge < -0.3 is 10.2 Å². The van der Waals surface area contributed by atoms with E-state index in [0.717, 1.165) is 51.1 Å². The van der Waals surface area contributed by atoms with E-state index in [4.69, 9.17) is 23.2 Å². The maximum absolute atomic E-state index is 12.8. The number of nitrogens with one attached hydrogen (secondary N) is 1. The molecule has 2 aliphatic rings. The van der Waals surface area contributed by atoms with Crippen LogP contribution >= 0.6 is 35.6 Å². The fraction of sp³-hybridized carbons (Fsp3) is 0.458. The first-order chi connectivity index (χ1) is 14.4. The maximum Gasteiger partial charge on any atom is 0.317 e. The highest BCUT2D eigenvalue weighted by atomic mass is 35.5. The van der Waals surface area contributed by atoms with Crippen LogP contribution in [-0.2, 0) is 13.1 Å². The molecule has 0 aliphatic carbocycles. The lowest BCUT2D eigenvalue weighted by Gasteiger charge is -2.40. The van der Waals surface area contributed by atoms with E-state index >= 15 is 0 Å². The molecular formula is C24H30Cl3N3O. The Morgan fingerprint density at radius 3 is 2.48 bits per heavy atom. The van der Waals surface area contributed by atoms with Gasteiger partial charge in [-0.1, -0.05) is 59.1 Å². The average Bonchev–Trinajstić information content (AvgIpc) is 3.11. The zero-order valence-corrected chi connectivity index (χ0v) is 20.2. The second-order valence-electron chi connectivity index (χ2n) is 8.88. The van der Waals surface area contributed by atoms with Crippen LogP contribution in [0.4, 0.5) is 4.79 Å². The van der Waals surface area contributed by atoms with Crippen LogP contribution in [0.5, 0.6) is 0 Å². The molecule has 0 radical (unpaired) electrons. The van der Waals surface area contributed by atoms with Crippen molar-refractivity contribution in [2.75, 3.05) is 26.2 Å². The molecule has 2 heterocycles. The number of rotatable bonds is 4. The minimum absolute atomic E-state index is 0. The van der Waals surface area contributed by atoms with E-state index in [1.165, 1.54) is 17.5 Å². The van der Waals surface area contributed by atoms with Crippen molar-refractivity contribution in [2.45, 2.75) is 39.3 Å². The molecule has 0 bridgehead atoms. The van der Waals surface area contributed by atoms with Crippen LogP contribution in [0.3, 0.4) is 0 Å². The number of aryl methyl sites for hydroxylation is 1. The van der Waals surface area contributed by atoms with E-state index < -0.39 is 0 Å². The minimum Gasteiger partial charge on any atom is -0.334 e. The summed E-state index contributed by atoms with van der Waals surface area (Å²) in [5.74, 6) is 0. The molecule has 0 unspecified atom stereocenters. The number of likely N-dealkylation sites (tertiary alicyclic amines) is 2. The summed E-state index contributed by atoms with van der Waals surface area (Å²) in [5.41, 5.74) is 3.75. The van der Waals surface area contributed by atoms with E-state index in [-0.39, 0.29) is 23.9 Å². The lowest BCUT2D eigenvalue weighted by Crippen LogP contribution is -2.50. The quantitative estimate of drug-likeness (QED) is 0.587. The first-order valence-corrected chi connectivity index (χ1v) is 11.4. The summed E-state index contributed by atoms with van der Waals surface area (Å²) in [6.07, 6.45) is 3.39. The molecule has 2 aromatic carbocycles. The van der Waals surface area contributed by atoms with Crippen LogP contribution in [0.1, 0.15) is 36.0 Å². The summed E-state index contributed by atoms with van der Waals surface area (Å²) in [6.45, 7) is 7.28. The van der Waals surface area contributed by atoms with Crippen LogP contribution in [-0.4, -0.2) is 42.0 Å². The molecule has 2 aliphatic heterocycles. The van der Waals surface area contributed by atoms with Gasteiger partial charge in [0.15, 0.2) is 0 Å². The SMILES string of the molecule is Cc1ccc(CNC(=O)N2CCC[C@]3(CCN(Cc4ccc(Cl)c(Cl)c4)C3)C2)cc1.Cl. The fourth-order valence-corrected chi connectivity index (χ4v) is 5.09. The number of benzene rings is 2. The molecule has 2 saturated heterocycles. The number of urea groups is 1. The lowest BCUT2D eigenvalue weighted by molar-refractivity contribution is 0.107. The van der Waals surface area contributed by atoms with Crippen LogP contribution in [0, 0.1) is 12.3 Å². The Balaban J connectivity index is 0.00000272. The van der Waals surface area contributed by atoms with E-state index in [9.17, 15) is 4.79 Å². The Morgan fingerprint density at radius 2 is 1.74 bits per heavy atom. The number of halogens is 3. The third kappa shape index (κ3) is 6.07. The van der Waals surface area contributed by atoms with Gasteiger partial charge in [-0.3, -0.25) is 4.90 Å². The van der Waals surface area contributed by atoms with Crippen molar-refractivity contribution in [3.8, 4) is 0 Å². The summed E-state index contributed by atoms with van der Waals surface area (Å²) in [7, 11) is 0. The van der Waals surface area contributed by atoms with Gasteiger partial charge in [0, 0.05) is 38.1 Å². The minimum atomic E-state index is 0. The van der Waals surface area contributed by atoms with Crippen LogP contribution in [0.15, 0.2) is 42.5 Å². The second kappa shape index (κ2) is 10.4. The van der Waals surface area contributed by atoms with Crippen LogP contribution in [0.2, 0.25) is 10.0 Å². The molecule has 31 heavy (non-hydrogen) atoms. The summed E-state index contributed by atoms with van der Waals surface area (Å²) < 4.78 is 0. The Hall–Kier alpha value is -1.46. The molecule has 1 spiro atoms. The van der Waals surface area contributed by atoms with Gasteiger partial charge in [-0.15, -0.1) is 12.4 Å². The molecule has 0 aromatic heterocycles. The first-order valence-electron chi connectivity index (χ1n) is 10.7. The normalized spacial score (nSPS) is 21.2. The van der Waals surface area contributed by atoms with Gasteiger partial charge in [0.05, 0.1) is 10.0 Å². The Kier molecular flexibility index (Phi) is 8.14. The summed E-state index contributed by atoms with van der Waals surface area (Å²) >= 11 is 12.2. The fourth-order valence-electron chi connectivity index (χ4n) is 4.77. The standard InChI is InChI=1S/C24H29Cl2N3O.ClH/c1-18-3-5-19(6-4-18)14-27-23(30)29-11-2-9-24(17-29)10-12-28(16-24)15-20-7-8-21(25)22(26)13-20;/h3-8,13H,2,9-12,14-17H2,1H3,(H,27,30);1H/t24-;/m1./s1. The van der Waals surface area contributed by atoms with Crippen molar-refractivity contribution in [2.24, 2.45) is 5.41 Å². The first kappa shape index (κ1) is 24.2. The van der Waals surface area contributed by atoms with Crippen molar-refractivity contribution in [1.82, 2.24) is 15.1 Å². The Labute approximate surface area is 201 Å². The molecule has 4 rings (SSSR count). The van der Waals surface area contributed by atoms with E-state index in [1.807, 2.05) is 23.1 Å². The largest absolute Gasteiger partial charge is 0.334 e. The molecule has 4 nitrogen and oxygen atoms in total. The predicted molar refractivity (Wildman–Crippen MR) is 130 cm³/mol. The molecule has 2 amide bonds. The number of piperidine rings is 1. The van der Waals surface area contributed by atoms with Crippen molar-refractivity contribution in [3.63, 3.8) is 0 Å². The molecule has 1 N–H and O–H groups in total. The molecule has 168 valence electrons. The molecular weight excluding hydrogens is 453 g/mol. The lowest BCUT2D eigenvalue weighted by atomic mass is 9.79. The van der Waals surface area contributed by atoms with Crippen molar-refractivity contribution < 1.29 is 4.79 Å². The average molecular weight is 483 g/mol. The number of hydrogen-bond acceptors (Lipinski definition) is 2. The topological polar surface area (TPSA) is 35.6 Å². The zero-order chi connectivity index (χ0) is 21.1. The second-order valence-corrected chi connectivity index (χ2v) is 9.69. The number of amides is 2. The smallest absolute Gasteiger partial charge is 0.317 e. The van der Waals surface area contributed by atoms with Gasteiger partial charge in [0.2, 0.25) is 0 Å². The molecule has 7 heteroatoms. The number of carbonyl (C=O) groups excluding carboxylic acids is 1. The zero-order valence-electron chi connectivity index (χ0n) is 17.9. The van der Waals surface area contributed by atoms with Gasteiger partial charge in [0.25, 0.3) is 0 Å². The van der Waals surface area contributed by atoms with Crippen molar-refractivity contribution >= 4 is 41.6 Å². The highest BCUT2D eigenvalue weighted by Gasteiger charge is 2.42. The number of carbonyl (C=O) groups is 1. The molecule has 2 fully saturated rings. The number of nitrogens with zero attached hydrogens (tertiary/aromatic N) is 2. The van der Waals surface area contributed by atoms with Gasteiger partial charge in [-0.05, 0) is 56.0 Å². The van der Waals surface area contributed by atoms with Gasteiger partial charge in [0.1, 0.15) is 0 Å². The van der Waals surface area contributed by atoms with Crippen LogP contribution < -0.4 is 5.32 Å². The summed E-state index contributed by atoms with van der Waals surface area (Å²) in [4.78, 5) is 17.3. The Bertz CT molecular complexity index is 905. The molecule has 2 aromatic rings. The predicted octanol–water partition coefficient (Wildman–Crippen LogP) is 5.92. The maximum atomic E-state index is 12.8. The van der Waals surface area contributed by atoms with Gasteiger partial charge >= 0.3 is 6.03 Å². The molecule has 0 saturated carbocycles. The Morgan fingerprint density at radius 1 is 1.00 bits per heavy atom. The van der Waals surface area contributed by atoms with E-state index in [2.05, 4.69) is 41.4 Å². The summed E-state index contributed by atoms with van der Waals surface area (Å²) in [6, 6.07) is 14.2. The monoisotopic (exact) mass is 481 g/mol. The van der Waals surface area contributed by atoms with E-state index in [0.29, 0.717) is 16.6 Å². The third-order valence-corrected chi connectivity index (χ3v) is 7.16. The third-order valence-electron chi connectivity index (χ3n) is 6.42. The van der Waals surface area contributed by atoms with Crippen molar-refractivity contribution in [3.05, 3.63) is 69.2 Å². The highest BCUT2D eigenvalue weighted by Crippen LogP contribution is 2.39.